The Morgan fingerprint density at radius 3 is 2.84 bits per heavy atom. The van der Waals surface area contributed by atoms with Gasteiger partial charge in [0.15, 0.2) is 0 Å². The molecule has 0 atom stereocenters. The lowest BCUT2D eigenvalue weighted by Gasteiger charge is -2.10. The molecule has 0 spiro atoms. The lowest BCUT2D eigenvalue weighted by Crippen LogP contribution is -1.92. The standard InChI is InChI=1S/C14H13N3OS/c1-8-3-4-9(13(19)12(8)18-2)14-16-10-5-6-15-7-11(10)17-14/h3-7,19H,1-2H3,(H,16,17). The van der Waals surface area contributed by atoms with Crippen molar-refractivity contribution in [3.8, 4) is 17.1 Å². The molecule has 1 aromatic carbocycles. The van der Waals surface area contributed by atoms with Gasteiger partial charge in [-0.2, -0.15) is 0 Å². The highest BCUT2D eigenvalue weighted by Gasteiger charge is 2.13. The van der Waals surface area contributed by atoms with Crippen LogP contribution in [0.1, 0.15) is 5.56 Å². The number of aromatic nitrogens is 3. The number of methoxy groups -OCH3 is 1. The summed E-state index contributed by atoms with van der Waals surface area (Å²) in [5.41, 5.74) is 3.76. The number of nitrogens with zero attached hydrogens (tertiary/aromatic N) is 2. The van der Waals surface area contributed by atoms with Crippen LogP contribution in [0.3, 0.4) is 0 Å². The van der Waals surface area contributed by atoms with Gasteiger partial charge in [0.05, 0.1) is 29.2 Å². The van der Waals surface area contributed by atoms with Crippen molar-refractivity contribution in [3.63, 3.8) is 0 Å². The number of ether oxygens (including phenoxy) is 1. The third-order valence-corrected chi connectivity index (χ3v) is 3.51. The largest absolute Gasteiger partial charge is 0.495 e. The molecule has 4 nitrogen and oxygen atoms in total. The number of imidazole rings is 1. The Morgan fingerprint density at radius 1 is 1.26 bits per heavy atom. The first-order chi connectivity index (χ1) is 9.20. The van der Waals surface area contributed by atoms with Crippen molar-refractivity contribution in [1.29, 1.82) is 0 Å². The van der Waals surface area contributed by atoms with Crippen LogP contribution in [0.2, 0.25) is 0 Å². The van der Waals surface area contributed by atoms with Crippen molar-refractivity contribution >= 4 is 23.7 Å². The van der Waals surface area contributed by atoms with Gasteiger partial charge in [0.25, 0.3) is 0 Å². The monoisotopic (exact) mass is 271 g/mol. The maximum atomic E-state index is 5.38. The molecular weight excluding hydrogens is 258 g/mol. The molecule has 0 fully saturated rings. The smallest absolute Gasteiger partial charge is 0.139 e. The SMILES string of the molecule is COc1c(C)ccc(-c2nc3ccncc3[nH]2)c1S. The number of fused-ring (bicyclic) bond motifs is 1. The second-order valence-corrected chi connectivity index (χ2v) is 4.74. The molecule has 0 saturated heterocycles. The van der Waals surface area contributed by atoms with Gasteiger partial charge in [0.2, 0.25) is 0 Å². The van der Waals surface area contributed by atoms with E-state index in [1.165, 1.54) is 0 Å². The van der Waals surface area contributed by atoms with E-state index >= 15 is 0 Å². The number of pyridine rings is 1. The number of aryl methyl sites for hydroxylation is 1. The lowest BCUT2D eigenvalue weighted by molar-refractivity contribution is 0.402. The summed E-state index contributed by atoms with van der Waals surface area (Å²) in [6.45, 7) is 1.99. The molecule has 0 amide bonds. The van der Waals surface area contributed by atoms with Gasteiger partial charge in [-0.15, -0.1) is 12.6 Å². The van der Waals surface area contributed by atoms with Gasteiger partial charge < -0.3 is 9.72 Å². The first-order valence-corrected chi connectivity index (χ1v) is 6.32. The van der Waals surface area contributed by atoms with Crippen molar-refractivity contribution in [2.75, 3.05) is 7.11 Å². The summed E-state index contributed by atoms with van der Waals surface area (Å²) in [6, 6.07) is 5.86. The summed E-state index contributed by atoms with van der Waals surface area (Å²) >= 11 is 4.55. The van der Waals surface area contributed by atoms with Crippen LogP contribution in [0, 0.1) is 6.92 Å². The molecule has 96 valence electrons. The van der Waals surface area contributed by atoms with Gasteiger partial charge in [-0.25, -0.2) is 4.98 Å². The van der Waals surface area contributed by atoms with Crippen molar-refractivity contribution in [2.45, 2.75) is 11.8 Å². The zero-order valence-corrected chi connectivity index (χ0v) is 11.5. The highest BCUT2D eigenvalue weighted by molar-refractivity contribution is 7.80. The van der Waals surface area contributed by atoms with E-state index in [1.807, 2.05) is 25.1 Å². The van der Waals surface area contributed by atoms with E-state index in [1.54, 1.807) is 19.5 Å². The quantitative estimate of drug-likeness (QED) is 0.704. The minimum absolute atomic E-state index is 0.770. The van der Waals surface area contributed by atoms with Gasteiger partial charge >= 0.3 is 0 Å². The zero-order valence-electron chi connectivity index (χ0n) is 10.6. The van der Waals surface area contributed by atoms with Gasteiger partial charge in [-0.3, -0.25) is 4.98 Å². The second-order valence-electron chi connectivity index (χ2n) is 4.29. The van der Waals surface area contributed by atoms with Crippen molar-refractivity contribution in [3.05, 3.63) is 36.2 Å². The first kappa shape index (κ1) is 12.0. The highest BCUT2D eigenvalue weighted by Crippen LogP contribution is 2.35. The maximum Gasteiger partial charge on any atom is 0.139 e. The molecule has 0 saturated carbocycles. The molecule has 0 bridgehead atoms. The van der Waals surface area contributed by atoms with Gasteiger partial charge in [0.1, 0.15) is 11.6 Å². The maximum absolute atomic E-state index is 5.38. The van der Waals surface area contributed by atoms with Crippen molar-refractivity contribution in [1.82, 2.24) is 15.0 Å². The van der Waals surface area contributed by atoms with Crippen LogP contribution in [-0.4, -0.2) is 22.1 Å². The van der Waals surface area contributed by atoms with Crippen LogP contribution >= 0.6 is 12.6 Å². The number of benzene rings is 1. The number of hydrogen-bond donors (Lipinski definition) is 2. The minimum atomic E-state index is 0.770. The zero-order chi connectivity index (χ0) is 13.4. The Kier molecular flexibility index (Phi) is 2.91. The summed E-state index contributed by atoms with van der Waals surface area (Å²) in [4.78, 5) is 12.7. The summed E-state index contributed by atoms with van der Waals surface area (Å²) < 4.78 is 5.38. The van der Waals surface area contributed by atoms with E-state index < -0.39 is 0 Å². The highest BCUT2D eigenvalue weighted by atomic mass is 32.1. The molecule has 19 heavy (non-hydrogen) atoms. The summed E-state index contributed by atoms with van der Waals surface area (Å²) in [7, 11) is 1.65. The molecule has 2 heterocycles. The Bertz CT molecular complexity index is 719. The molecule has 0 aliphatic heterocycles. The van der Waals surface area contributed by atoms with E-state index in [9.17, 15) is 0 Å². The fourth-order valence-corrected chi connectivity index (χ4v) is 2.55. The van der Waals surface area contributed by atoms with E-state index in [0.29, 0.717) is 0 Å². The average molecular weight is 271 g/mol. The molecule has 1 N–H and O–H groups in total. The third-order valence-electron chi connectivity index (χ3n) is 3.07. The number of thiol groups is 1. The molecule has 3 rings (SSSR count). The normalized spacial score (nSPS) is 10.9. The van der Waals surface area contributed by atoms with Crippen LogP contribution in [-0.2, 0) is 0 Å². The lowest BCUT2D eigenvalue weighted by atomic mass is 10.1. The van der Waals surface area contributed by atoms with Gasteiger partial charge in [-0.05, 0) is 24.6 Å². The Labute approximate surface area is 116 Å². The predicted octanol–water partition coefficient (Wildman–Crippen LogP) is 3.23. The van der Waals surface area contributed by atoms with E-state index in [2.05, 4.69) is 27.6 Å². The van der Waals surface area contributed by atoms with Gasteiger partial charge in [-0.1, -0.05) is 6.07 Å². The number of H-pyrrole nitrogens is 1. The molecule has 0 radical (unpaired) electrons. The molecule has 3 aromatic rings. The van der Waals surface area contributed by atoms with Crippen LogP contribution < -0.4 is 4.74 Å². The summed E-state index contributed by atoms with van der Waals surface area (Å²) in [5, 5.41) is 0. The van der Waals surface area contributed by atoms with Crippen LogP contribution in [0.5, 0.6) is 5.75 Å². The molecule has 0 aliphatic rings. The van der Waals surface area contributed by atoms with Crippen LogP contribution in [0.4, 0.5) is 0 Å². The van der Waals surface area contributed by atoms with E-state index in [0.717, 1.165) is 38.6 Å². The number of hydrogen-bond acceptors (Lipinski definition) is 4. The summed E-state index contributed by atoms with van der Waals surface area (Å²) in [5.74, 6) is 1.55. The van der Waals surface area contributed by atoms with Crippen molar-refractivity contribution < 1.29 is 4.74 Å². The molecule has 2 aromatic heterocycles. The van der Waals surface area contributed by atoms with Crippen molar-refractivity contribution in [2.24, 2.45) is 0 Å². The number of nitrogens with one attached hydrogen (secondary N) is 1. The summed E-state index contributed by atoms with van der Waals surface area (Å²) in [6.07, 6.45) is 3.49. The number of aromatic amines is 1. The molecular formula is C14H13N3OS. The van der Waals surface area contributed by atoms with Gasteiger partial charge in [0, 0.05) is 11.8 Å². The topological polar surface area (TPSA) is 50.8 Å². The minimum Gasteiger partial charge on any atom is -0.495 e. The first-order valence-electron chi connectivity index (χ1n) is 5.87. The third kappa shape index (κ3) is 1.96. The van der Waals surface area contributed by atoms with E-state index in [4.69, 9.17) is 4.74 Å². The Hall–Kier alpha value is -2.01. The fourth-order valence-electron chi connectivity index (χ4n) is 2.11. The van der Waals surface area contributed by atoms with E-state index in [-0.39, 0.29) is 0 Å². The average Bonchev–Trinajstić information content (AvgIpc) is 2.82. The molecule has 5 heteroatoms. The number of rotatable bonds is 2. The molecule has 0 aliphatic carbocycles. The Balaban J connectivity index is 2.21. The van der Waals surface area contributed by atoms with Crippen LogP contribution in [0.25, 0.3) is 22.4 Å². The second kappa shape index (κ2) is 4.59. The van der Waals surface area contributed by atoms with Crippen LogP contribution in [0.15, 0.2) is 35.5 Å². The predicted molar refractivity (Wildman–Crippen MR) is 77.9 cm³/mol. The fraction of sp³-hybridized carbons (Fsp3) is 0.143. The Morgan fingerprint density at radius 2 is 2.11 bits per heavy atom. The molecule has 0 unspecified atom stereocenters.